The van der Waals surface area contributed by atoms with Crippen LogP contribution in [0, 0.1) is 0 Å². The molecule has 0 spiro atoms. The minimum atomic E-state index is 0.372. The molecule has 0 N–H and O–H groups in total. The average molecular weight is 280 g/mol. The number of rotatable bonds is 3. The summed E-state index contributed by atoms with van der Waals surface area (Å²) in [6.07, 6.45) is 1.73. The Morgan fingerprint density at radius 3 is 2.62 bits per heavy atom. The molecule has 16 heavy (non-hydrogen) atoms. The monoisotopic (exact) mass is 279 g/mol. The van der Waals surface area contributed by atoms with E-state index in [1.165, 1.54) is 5.56 Å². The smallest absolute Gasteiger partial charge is 0.213 e. The third kappa shape index (κ3) is 1.93. The van der Waals surface area contributed by atoms with Gasteiger partial charge in [0.2, 0.25) is 4.67 Å². The Kier molecular flexibility index (Phi) is 3.19. The second kappa shape index (κ2) is 4.61. The molecular formula is C12H10BrNO2. The minimum Gasteiger partial charge on any atom is -0.348 e. The number of carbonyl (C=O) groups is 1. The van der Waals surface area contributed by atoms with Crippen molar-refractivity contribution in [1.82, 2.24) is 5.16 Å². The highest BCUT2D eigenvalue weighted by molar-refractivity contribution is 9.10. The predicted octanol–water partition coefficient (Wildman–Crippen LogP) is 3.48. The number of nitrogens with zero attached hydrogens (tertiary/aromatic N) is 1. The molecule has 1 aromatic heterocycles. The van der Waals surface area contributed by atoms with Gasteiger partial charge in [-0.2, -0.15) is 0 Å². The zero-order valence-electron chi connectivity index (χ0n) is 8.74. The number of aryl methyl sites for hydroxylation is 1. The third-order valence-electron chi connectivity index (χ3n) is 2.44. The largest absolute Gasteiger partial charge is 0.348 e. The van der Waals surface area contributed by atoms with Crippen LogP contribution in [0.15, 0.2) is 33.5 Å². The van der Waals surface area contributed by atoms with Crippen LogP contribution in [0.3, 0.4) is 0 Å². The highest BCUT2D eigenvalue weighted by atomic mass is 79.9. The number of aromatic nitrogens is 1. The highest BCUT2D eigenvalue weighted by Gasteiger charge is 2.14. The van der Waals surface area contributed by atoms with E-state index in [0.717, 1.165) is 18.3 Å². The first-order valence-electron chi connectivity index (χ1n) is 4.96. The van der Waals surface area contributed by atoms with E-state index in [1.54, 1.807) is 0 Å². The van der Waals surface area contributed by atoms with E-state index in [9.17, 15) is 4.79 Å². The molecule has 0 fully saturated rings. The van der Waals surface area contributed by atoms with Crippen molar-refractivity contribution in [2.45, 2.75) is 13.3 Å². The molecule has 0 aliphatic carbocycles. The second-order valence-corrected chi connectivity index (χ2v) is 4.11. The molecule has 0 saturated heterocycles. The lowest BCUT2D eigenvalue weighted by Gasteiger charge is -1.99. The molecule has 2 rings (SSSR count). The van der Waals surface area contributed by atoms with Crippen LogP contribution >= 0.6 is 15.9 Å². The van der Waals surface area contributed by atoms with Crippen LogP contribution in [-0.4, -0.2) is 11.4 Å². The quantitative estimate of drug-likeness (QED) is 0.808. The Morgan fingerprint density at radius 1 is 1.38 bits per heavy atom. The van der Waals surface area contributed by atoms with E-state index in [1.807, 2.05) is 24.3 Å². The molecule has 82 valence electrons. The van der Waals surface area contributed by atoms with Crippen molar-refractivity contribution < 1.29 is 9.32 Å². The Morgan fingerprint density at radius 2 is 2.06 bits per heavy atom. The first-order valence-corrected chi connectivity index (χ1v) is 5.75. The average Bonchev–Trinajstić information content (AvgIpc) is 2.70. The zero-order chi connectivity index (χ0) is 11.5. The fourth-order valence-electron chi connectivity index (χ4n) is 1.49. The van der Waals surface area contributed by atoms with Crippen LogP contribution in [0.5, 0.6) is 0 Å². The zero-order valence-corrected chi connectivity index (χ0v) is 10.3. The number of benzene rings is 1. The van der Waals surface area contributed by atoms with Crippen molar-refractivity contribution in [2.24, 2.45) is 0 Å². The summed E-state index contributed by atoms with van der Waals surface area (Å²) in [5.74, 6) is 0. The number of halogens is 1. The summed E-state index contributed by atoms with van der Waals surface area (Å²) in [6, 6.07) is 7.92. The van der Waals surface area contributed by atoms with Crippen molar-refractivity contribution in [2.75, 3.05) is 0 Å². The Bertz CT molecular complexity index is 502. The fraction of sp³-hybridized carbons (Fsp3) is 0.167. The van der Waals surface area contributed by atoms with E-state index in [-0.39, 0.29) is 0 Å². The van der Waals surface area contributed by atoms with Crippen molar-refractivity contribution in [3.8, 4) is 11.3 Å². The van der Waals surface area contributed by atoms with E-state index < -0.39 is 0 Å². The first-order chi connectivity index (χ1) is 7.76. The molecule has 0 amide bonds. The molecular weight excluding hydrogens is 270 g/mol. The van der Waals surface area contributed by atoms with Crippen LogP contribution in [0.1, 0.15) is 22.8 Å². The van der Waals surface area contributed by atoms with Crippen molar-refractivity contribution in [1.29, 1.82) is 0 Å². The van der Waals surface area contributed by atoms with Gasteiger partial charge in [0.25, 0.3) is 0 Å². The van der Waals surface area contributed by atoms with Gasteiger partial charge in [0.05, 0.1) is 5.56 Å². The van der Waals surface area contributed by atoms with Gasteiger partial charge in [0.1, 0.15) is 5.69 Å². The maximum Gasteiger partial charge on any atom is 0.213 e. The maximum absolute atomic E-state index is 10.9. The summed E-state index contributed by atoms with van der Waals surface area (Å²) < 4.78 is 5.31. The summed E-state index contributed by atoms with van der Waals surface area (Å²) >= 11 is 3.14. The molecule has 2 aromatic rings. The van der Waals surface area contributed by atoms with E-state index in [4.69, 9.17) is 4.52 Å². The molecule has 0 unspecified atom stereocenters. The number of carbonyl (C=O) groups excluding carboxylic acids is 1. The molecule has 3 nitrogen and oxygen atoms in total. The summed E-state index contributed by atoms with van der Waals surface area (Å²) in [4.78, 5) is 10.9. The van der Waals surface area contributed by atoms with Gasteiger partial charge in [-0.05, 0) is 27.9 Å². The number of hydrogen-bond donors (Lipinski definition) is 0. The number of aldehydes is 1. The van der Waals surface area contributed by atoms with Gasteiger partial charge in [-0.25, -0.2) is 0 Å². The topological polar surface area (TPSA) is 43.1 Å². The van der Waals surface area contributed by atoms with Gasteiger partial charge < -0.3 is 4.52 Å². The molecule has 0 atom stereocenters. The van der Waals surface area contributed by atoms with Gasteiger partial charge in [0.15, 0.2) is 6.29 Å². The van der Waals surface area contributed by atoms with E-state index in [0.29, 0.717) is 15.9 Å². The van der Waals surface area contributed by atoms with Gasteiger partial charge in [-0.1, -0.05) is 36.3 Å². The Balaban J connectivity index is 2.46. The van der Waals surface area contributed by atoms with E-state index in [2.05, 4.69) is 28.0 Å². The standard InChI is InChI=1S/C12H10BrNO2/c1-2-8-3-5-9(6-4-8)11-10(7-15)12(13)16-14-11/h3-7H,2H2,1H3. The van der Waals surface area contributed by atoms with Gasteiger partial charge in [-0.15, -0.1) is 0 Å². The van der Waals surface area contributed by atoms with Gasteiger partial charge >= 0.3 is 0 Å². The second-order valence-electron chi connectivity index (χ2n) is 3.39. The lowest BCUT2D eigenvalue weighted by molar-refractivity contribution is 0.112. The molecule has 0 radical (unpaired) electrons. The van der Waals surface area contributed by atoms with Crippen molar-refractivity contribution in [3.63, 3.8) is 0 Å². The maximum atomic E-state index is 10.9. The lowest BCUT2D eigenvalue weighted by atomic mass is 10.1. The lowest BCUT2D eigenvalue weighted by Crippen LogP contribution is -1.86. The van der Waals surface area contributed by atoms with Crippen molar-refractivity contribution >= 4 is 22.2 Å². The molecule has 4 heteroatoms. The van der Waals surface area contributed by atoms with Crippen LogP contribution in [0.4, 0.5) is 0 Å². The van der Waals surface area contributed by atoms with Crippen LogP contribution in [-0.2, 0) is 6.42 Å². The summed E-state index contributed by atoms with van der Waals surface area (Å²) in [7, 11) is 0. The number of hydrogen-bond acceptors (Lipinski definition) is 3. The predicted molar refractivity (Wildman–Crippen MR) is 64.4 cm³/mol. The van der Waals surface area contributed by atoms with Gasteiger partial charge in [-0.3, -0.25) is 4.79 Å². The van der Waals surface area contributed by atoms with Crippen LogP contribution < -0.4 is 0 Å². The van der Waals surface area contributed by atoms with Crippen LogP contribution in [0.2, 0.25) is 0 Å². The Labute approximate surface area is 102 Å². The minimum absolute atomic E-state index is 0.372. The highest BCUT2D eigenvalue weighted by Crippen LogP contribution is 2.27. The normalized spacial score (nSPS) is 10.4. The van der Waals surface area contributed by atoms with Crippen LogP contribution in [0.25, 0.3) is 11.3 Å². The molecule has 1 heterocycles. The molecule has 0 saturated carbocycles. The molecule has 1 aromatic carbocycles. The molecule has 0 aliphatic heterocycles. The van der Waals surface area contributed by atoms with Gasteiger partial charge in [0, 0.05) is 5.56 Å². The SMILES string of the molecule is CCc1ccc(-c2noc(Br)c2C=O)cc1. The third-order valence-corrected chi connectivity index (χ3v) is 3.01. The first kappa shape index (κ1) is 11.1. The van der Waals surface area contributed by atoms with E-state index >= 15 is 0 Å². The molecule has 0 bridgehead atoms. The summed E-state index contributed by atoms with van der Waals surface area (Å²) in [5, 5.41) is 3.86. The van der Waals surface area contributed by atoms with Crippen molar-refractivity contribution in [3.05, 3.63) is 40.1 Å². The molecule has 0 aliphatic rings. The summed E-state index contributed by atoms with van der Waals surface area (Å²) in [5.41, 5.74) is 3.15. The Hall–Kier alpha value is -1.42. The summed E-state index contributed by atoms with van der Waals surface area (Å²) in [6.45, 7) is 2.10. The fourth-order valence-corrected chi connectivity index (χ4v) is 1.84.